The molecule has 2 aliphatic heterocycles. The van der Waals surface area contributed by atoms with Crippen molar-refractivity contribution in [3.05, 3.63) is 0 Å². The predicted molar refractivity (Wildman–Crippen MR) is 94.5 cm³/mol. The predicted octanol–water partition coefficient (Wildman–Crippen LogP) is 1.43. The van der Waals surface area contributed by atoms with Crippen molar-refractivity contribution in [2.45, 2.75) is 54.4 Å². The topological polar surface area (TPSA) is 66.5 Å². The third-order valence-electron chi connectivity index (χ3n) is 5.81. The van der Waals surface area contributed by atoms with Crippen LogP contribution in [0.3, 0.4) is 0 Å². The SMILES string of the molecule is CS(=O)(=O)C1(C(=O)N2CCSC3(CCCCC3)C2)CCNCC1. The molecule has 0 atom stereocenters. The number of carbonyl (C=O) groups excluding carboxylic acids is 1. The molecule has 3 fully saturated rings. The average Bonchev–Trinajstić information content (AvgIpc) is 2.54. The van der Waals surface area contributed by atoms with Crippen LogP contribution in [0, 0.1) is 0 Å². The molecule has 1 aliphatic carbocycles. The lowest BCUT2D eigenvalue weighted by Gasteiger charge is -2.47. The fourth-order valence-corrected chi connectivity index (χ4v) is 7.34. The quantitative estimate of drug-likeness (QED) is 0.807. The van der Waals surface area contributed by atoms with E-state index in [0.717, 1.165) is 25.1 Å². The summed E-state index contributed by atoms with van der Waals surface area (Å²) in [5.74, 6) is 0.802. The Balaban J connectivity index is 1.82. The van der Waals surface area contributed by atoms with Crippen molar-refractivity contribution in [3.8, 4) is 0 Å². The van der Waals surface area contributed by atoms with E-state index >= 15 is 0 Å². The van der Waals surface area contributed by atoms with E-state index in [-0.39, 0.29) is 10.7 Å². The summed E-state index contributed by atoms with van der Waals surface area (Å²) in [5.41, 5.74) is 0. The van der Waals surface area contributed by atoms with Crippen molar-refractivity contribution < 1.29 is 13.2 Å². The number of carbonyl (C=O) groups is 1. The number of rotatable bonds is 2. The van der Waals surface area contributed by atoms with Gasteiger partial charge in [0, 0.05) is 29.8 Å². The largest absolute Gasteiger partial charge is 0.339 e. The smallest absolute Gasteiger partial charge is 0.244 e. The Morgan fingerprint density at radius 2 is 1.74 bits per heavy atom. The number of nitrogens with one attached hydrogen (secondary N) is 1. The zero-order valence-corrected chi connectivity index (χ0v) is 15.6. The van der Waals surface area contributed by atoms with Crippen molar-refractivity contribution in [2.75, 3.05) is 38.2 Å². The van der Waals surface area contributed by atoms with E-state index in [2.05, 4.69) is 5.32 Å². The first kappa shape index (κ1) is 17.5. The minimum absolute atomic E-state index is 0.133. The van der Waals surface area contributed by atoms with Gasteiger partial charge in [-0.25, -0.2) is 8.42 Å². The molecule has 0 aromatic carbocycles. The summed E-state index contributed by atoms with van der Waals surface area (Å²) in [6.07, 6.45) is 8.12. The summed E-state index contributed by atoms with van der Waals surface area (Å²) >= 11 is 2.01. The van der Waals surface area contributed by atoms with Crippen LogP contribution in [0.4, 0.5) is 0 Å². The zero-order chi connectivity index (χ0) is 16.6. The second kappa shape index (κ2) is 6.56. The maximum absolute atomic E-state index is 13.3. The van der Waals surface area contributed by atoms with Crippen molar-refractivity contribution in [1.29, 1.82) is 0 Å². The van der Waals surface area contributed by atoms with E-state index in [1.165, 1.54) is 25.5 Å². The van der Waals surface area contributed by atoms with Crippen LogP contribution in [0.25, 0.3) is 0 Å². The summed E-state index contributed by atoms with van der Waals surface area (Å²) in [5, 5.41) is 3.19. The van der Waals surface area contributed by atoms with Gasteiger partial charge in [-0.3, -0.25) is 4.79 Å². The van der Waals surface area contributed by atoms with Gasteiger partial charge in [-0.1, -0.05) is 19.3 Å². The number of nitrogens with zero attached hydrogens (tertiary/aromatic N) is 1. The summed E-state index contributed by atoms with van der Waals surface area (Å²) in [6, 6.07) is 0. The first-order valence-corrected chi connectivity index (χ1v) is 11.6. The first-order valence-electron chi connectivity index (χ1n) is 8.72. The van der Waals surface area contributed by atoms with Gasteiger partial charge in [-0.2, -0.15) is 11.8 Å². The number of sulfone groups is 1. The molecule has 2 saturated heterocycles. The third kappa shape index (κ3) is 3.29. The molecule has 5 nitrogen and oxygen atoms in total. The van der Waals surface area contributed by atoms with Gasteiger partial charge in [0.25, 0.3) is 0 Å². The van der Waals surface area contributed by atoms with Crippen LogP contribution < -0.4 is 5.32 Å². The maximum Gasteiger partial charge on any atom is 0.244 e. The summed E-state index contributed by atoms with van der Waals surface area (Å²) in [4.78, 5) is 15.1. The summed E-state index contributed by atoms with van der Waals surface area (Å²) in [6.45, 7) is 2.64. The molecule has 7 heteroatoms. The van der Waals surface area contributed by atoms with Crippen LogP contribution in [0.2, 0.25) is 0 Å². The lowest BCUT2D eigenvalue weighted by atomic mass is 9.87. The van der Waals surface area contributed by atoms with Crippen LogP contribution in [0.5, 0.6) is 0 Å². The highest BCUT2D eigenvalue weighted by Crippen LogP contribution is 2.44. The van der Waals surface area contributed by atoms with E-state index in [0.29, 0.717) is 32.5 Å². The zero-order valence-electron chi connectivity index (χ0n) is 14.0. The molecule has 0 radical (unpaired) electrons. The van der Waals surface area contributed by atoms with Gasteiger partial charge < -0.3 is 10.2 Å². The lowest BCUT2D eigenvalue weighted by Crippen LogP contribution is -2.61. The molecule has 2 heterocycles. The van der Waals surface area contributed by atoms with Crippen LogP contribution in [-0.4, -0.2) is 66.9 Å². The van der Waals surface area contributed by atoms with E-state index in [1.807, 2.05) is 16.7 Å². The standard InChI is InChI=1S/C16H28N2O3S2/c1-23(20,21)16(7-9-17-10-8-16)14(19)18-11-12-22-15(13-18)5-3-2-4-6-15/h17H,2-13H2,1H3. The molecule has 1 amide bonds. The van der Waals surface area contributed by atoms with Gasteiger partial charge in [0.2, 0.25) is 5.91 Å². The first-order chi connectivity index (χ1) is 10.9. The normalized spacial score (nSPS) is 27.8. The highest BCUT2D eigenvalue weighted by Gasteiger charge is 2.52. The Morgan fingerprint density at radius 3 is 2.35 bits per heavy atom. The van der Waals surface area contributed by atoms with Gasteiger partial charge in [-0.15, -0.1) is 0 Å². The average molecular weight is 361 g/mol. The summed E-state index contributed by atoms with van der Waals surface area (Å²) in [7, 11) is -3.42. The number of thioether (sulfide) groups is 1. The van der Waals surface area contributed by atoms with E-state index in [1.54, 1.807) is 0 Å². The second-order valence-corrected chi connectivity index (χ2v) is 11.2. The van der Waals surface area contributed by atoms with Gasteiger partial charge in [-0.05, 0) is 38.8 Å². The van der Waals surface area contributed by atoms with Crippen molar-refractivity contribution >= 4 is 27.5 Å². The molecule has 3 aliphatic rings. The lowest BCUT2D eigenvalue weighted by molar-refractivity contribution is -0.135. The Morgan fingerprint density at radius 1 is 1.09 bits per heavy atom. The van der Waals surface area contributed by atoms with Crippen molar-refractivity contribution in [3.63, 3.8) is 0 Å². The third-order valence-corrected chi connectivity index (χ3v) is 9.35. The van der Waals surface area contributed by atoms with Crippen LogP contribution in [0.15, 0.2) is 0 Å². The van der Waals surface area contributed by atoms with Crippen LogP contribution >= 0.6 is 11.8 Å². The second-order valence-electron chi connectivity index (χ2n) is 7.34. The van der Waals surface area contributed by atoms with Crippen LogP contribution in [0.1, 0.15) is 44.9 Å². The molecule has 0 aromatic rings. The van der Waals surface area contributed by atoms with Crippen molar-refractivity contribution in [1.82, 2.24) is 10.2 Å². The molecule has 3 rings (SSSR count). The fourth-order valence-electron chi connectivity index (χ4n) is 4.38. The number of hydrogen-bond donors (Lipinski definition) is 1. The molecule has 1 N–H and O–H groups in total. The highest BCUT2D eigenvalue weighted by atomic mass is 32.2. The fraction of sp³-hybridized carbons (Fsp3) is 0.938. The van der Waals surface area contributed by atoms with E-state index in [9.17, 15) is 13.2 Å². The Labute approximate surface area is 143 Å². The Bertz CT molecular complexity index is 544. The molecular weight excluding hydrogens is 332 g/mol. The van der Waals surface area contributed by atoms with Gasteiger partial charge in [0.1, 0.15) is 0 Å². The number of amides is 1. The van der Waals surface area contributed by atoms with Gasteiger partial charge >= 0.3 is 0 Å². The maximum atomic E-state index is 13.3. The molecular formula is C16H28N2O3S2. The molecule has 0 bridgehead atoms. The minimum Gasteiger partial charge on any atom is -0.339 e. The molecule has 132 valence electrons. The summed E-state index contributed by atoms with van der Waals surface area (Å²) < 4.78 is 23.9. The highest BCUT2D eigenvalue weighted by molar-refractivity contribution is 8.00. The van der Waals surface area contributed by atoms with Gasteiger partial charge in [0.05, 0.1) is 0 Å². The van der Waals surface area contributed by atoms with Crippen molar-refractivity contribution in [2.24, 2.45) is 0 Å². The van der Waals surface area contributed by atoms with Gasteiger partial charge in [0.15, 0.2) is 14.6 Å². The monoisotopic (exact) mass is 360 g/mol. The van der Waals surface area contributed by atoms with E-state index < -0.39 is 14.6 Å². The number of hydrogen-bond acceptors (Lipinski definition) is 5. The molecule has 1 saturated carbocycles. The molecule has 1 spiro atoms. The van der Waals surface area contributed by atoms with E-state index in [4.69, 9.17) is 0 Å². The Kier molecular flexibility index (Phi) is 5.01. The Hall–Kier alpha value is -0.270. The minimum atomic E-state index is -3.42. The molecule has 0 unspecified atom stereocenters. The van der Waals surface area contributed by atoms with Crippen LogP contribution in [-0.2, 0) is 14.6 Å². The number of piperidine rings is 1. The molecule has 23 heavy (non-hydrogen) atoms. The molecule has 0 aromatic heterocycles.